The highest BCUT2D eigenvalue weighted by atomic mass is 16.5. The number of nitrogens with one attached hydrogen (secondary N) is 1. The fourth-order valence-electron chi connectivity index (χ4n) is 2.61. The Balaban J connectivity index is 1.60. The van der Waals surface area contributed by atoms with Crippen LogP contribution in [0.3, 0.4) is 0 Å². The van der Waals surface area contributed by atoms with E-state index in [0.29, 0.717) is 24.7 Å². The van der Waals surface area contributed by atoms with Gasteiger partial charge in [-0.25, -0.2) is 0 Å². The van der Waals surface area contributed by atoms with E-state index in [0.717, 1.165) is 25.7 Å². The molecule has 4 heteroatoms. The topological polar surface area (TPSA) is 55.4 Å². The van der Waals surface area contributed by atoms with Crippen molar-refractivity contribution in [3.8, 4) is 0 Å². The van der Waals surface area contributed by atoms with Gasteiger partial charge in [0.05, 0.1) is 6.10 Å². The molecule has 96 valence electrons. The Morgan fingerprint density at radius 2 is 1.82 bits per heavy atom. The van der Waals surface area contributed by atoms with Crippen molar-refractivity contribution in [2.45, 2.75) is 63.5 Å². The smallest absolute Gasteiger partial charge is 0.246 e. The van der Waals surface area contributed by atoms with E-state index in [1.807, 2.05) is 0 Å². The third-order valence-electron chi connectivity index (χ3n) is 3.66. The van der Waals surface area contributed by atoms with Gasteiger partial charge in [-0.2, -0.15) is 0 Å². The summed E-state index contributed by atoms with van der Waals surface area (Å²) in [6.45, 7) is 0.148. The molecule has 1 N–H and O–H groups in total. The second-order valence-electron chi connectivity index (χ2n) is 5.10. The molecule has 2 aliphatic rings. The Labute approximate surface area is 102 Å². The van der Waals surface area contributed by atoms with Gasteiger partial charge in [0.1, 0.15) is 12.4 Å². The number of rotatable bonds is 4. The van der Waals surface area contributed by atoms with E-state index < -0.39 is 0 Å². The normalized spacial score (nSPS) is 22.9. The van der Waals surface area contributed by atoms with Gasteiger partial charge in [-0.05, 0) is 25.7 Å². The lowest BCUT2D eigenvalue weighted by atomic mass is 9.96. The van der Waals surface area contributed by atoms with E-state index in [1.54, 1.807) is 0 Å². The third-order valence-corrected chi connectivity index (χ3v) is 3.66. The molecule has 2 aliphatic carbocycles. The lowest BCUT2D eigenvalue weighted by Crippen LogP contribution is -2.36. The lowest BCUT2D eigenvalue weighted by molar-refractivity contribution is -0.130. The zero-order valence-electron chi connectivity index (χ0n) is 10.2. The maximum Gasteiger partial charge on any atom is 0.246 e. The van der Waals surface area contributed by atoms with Gasteiger partial charge >= 0.3 is 0 Å². The Hall–Kier alpha value is -0.900. The van der Waals surface area contributed by atoms with Crippen molar-refractivity contribution in [1.29, 1.82) is 0 Å². The van der Waals surface area contributed by atoms with Crippen molar-refractivity contribution in [2.75, 3.05) is 6.61 Å². The minimum atomic E-state index is -0.00574. The van der Waals surface area contributed by atoms with Gasteiger partial charge in [0, 0.05) is 18.9 Å². The molecule has 0 spiro atoms. The second kappa shape index (κ2) is 6.15. The van der Waals surface area contributed by atoms with Gasteiger partial charge in [0.2, 0.25) is 5.91 Å². The van der Waals surface area contributed by atoms with Gasteiger partial charge in [-0.15, -0.1) is 0 Å². The van der Waals surface area contributed by atoms with Gasteiger partial charge in [0.15, 0.2) is 0 Å². The summed E-state index contributed by atoms with van der Waals surface area (Å²) in [5, 5.41) is 3.00. The molecule has 0 unspecified atom stereocenters. The van der Waals surface area contributed by atoms with Gasteiger partial charge in [-0.1, -0.05) is 12.8 Å². The standard InChI is InChI=1S/C13H21NO3/c15-11-5-7-12(8-6-11)17-9-13(16)14-10-3-1-2-4-10/h10,12H,1-9H2,(H,14,16). The molecule has 2 rings (SSSR count). The first kappa shape index (κ1) is 12.6. The predicted octanol–water partition coefficient (Wildman–Crippen LogP) is 1.57. The van der Waals surface area contributed by atoms with Crippen molar-refractivity contribution in [3.63, 3.8) is 0 Å². The highest BCUT2D eigenvalue weighted by Crippen LogP contribution is 2.19. The Kier molecular flexibility index (Phi) is 4.54. The summed E-state index contributed by atoms with van der Waals surface area (Å²) in [5.74, 6) is 0.314. The number of amides is 1. The highest BCUT2D eigenvalue weighted by Gasteiger charge is 2.21. The Bertz CT molecular complexity index is 274. The highest BCUT2D eigenvalue weighted by molar-refractivity contribution is 5.79. The van der Waals surface area contributed by atoms with Crippen molar-refractivity contribution in [3.05, 3.63) is 0 Å². The predicted molar refractivity (Wildman–Crippen MR) is 63.6 cm³/mol. The second-order valence-corrected chi connectivity index (χ2v) is 5.10. The van der Waals surface area contributed by atoms with Gasteiger partial charge in [0.25, 0.3) is 0 Å². The van der Waals surface area contributed by atoms with Crippen molar-refractivity contribution >= 4 is 11.7 Å². The Morgan fingerprint density at radius 3 is 2.47 bits per heavy atom. The zero-order valence-corrected chi connectivity index (χ0v) is 10.2. The molecular formula is C13H21NO3. The summed E-state index contributed by atoms with van der Waals surface area (Å²) in [7, 11) is 0. The summed E-state index contributed by atoms with van der Waals surface area (Å²) in [4.78, 5) is 22.6. The average Bonchev–Trinajstić information content (AvgIpc) is 2.81. The van der Waals surface area contributed by atoms with Crippen LogP contribution in [0.15, 0.2) is 0 Å². The monoisotopic (exact) mass is 239 g/mol. The first-order chi connectivity index (χ1) is 8.24. The summed E-state index contributed by atoms with van der Waals surface area (Å²) < 4.78 is 5.54. The molecule has 0 atom stereocenters. The molecule has 1 amide bonds. The number of hydrogen-bond donors (Lipinski definition) is 1. The third kappa shape index (κ3) is 4.11. The van der Waals surface area contributed by atoms with Crippen LogP contribution in [0.5, 0.6) is 0 Å². The molecule has 0 saturated heterocycles. The van der Waals surface area contributed by atoms with Crippen LogP contribution in [0, 0.1) is 0 Å². The molecular weight excluding hydrogens is 218 g/mol. The summed E-state index contributed by atoms with van der Waals surface area (Å²) >= 11 is 0. The summed E-state index contributed by atoms with van der Waals surface area (Å²) in [5.41, 5.74) is 0. The maximum absolute atomic E-state index is 11.6. The maximum atomic E-state index is 11.6. The first-order valence-corrected chi connectivity index (χ1v) is 6.66. The number of ether oxygens (including phenoxy) is 1. The molecule has 0 aromatic carbocycles. The van der Waals surface area contributed by atoms with Crippen molar-refractivity contribution in [1.82, 2.24) is 5.32 Å². The molecule has 0 aromatic rings. The number of Topliss-reactive ketones (excluding diaryl/α,β-unsaturated/α-hetero) is 1. The van der Waals surface area contributed by atoms with Crippen LogP contribution in [0.4, 0.5) is 0 Å². The Morgan fingerprint density at radius 1 is 1.18 bits per heavy atom. The van der Waals surface area contributed by atoms with Crippen molar-refractivity contribution < 1.29 is 14.3 Å². The number of carbonyl (C=O) groups excluding carboxylic acids is 2. The molecule has 2 fully saturated rings. The fraction of sp³-hybridized carbons (Fsp3) is 0.846. The van der Waals surface area contributed by atoms with E-state index in [1.165, 1.54) is 12.8 Å². The van der Waals surface area contributed by atoms with Crippen LogP contribution >= 0.6 is 0 Å². The average molecular weight is 239 g/mol. The minimum absolute atomic E-state index is 0.00574. The van der Waals surface area contributed by atoms with Crippen LogP contribution in [0.1, 0.15) is 51.4 Å². The van der Waals surface area contributed by atoms with Crippen molar-refractivity contribution in [2.24, 2.45) is 0 Å². The zero-order chi connectivity index (χ0) is 12.1. The van der Waals surface area contributed by atoms with E-state index >= 15 is 0 Å². The molecule has 0 radical (unpaired) electrons. The fourth-order valence-corrected chi connectivity index (χ4v) is 2.61. The van der Waals surface area contributed by atoms with Crippen LogP contribution < -0.4 is 5.32 Å². The van der Waals surface area contributed by atoms with Gasteiger partial charge < -0.3 is 10.1 Å². The van der Waals surface area contributed by atoms with Crippen LogP contribution in [0.25, 0.3) is 0 Å². The molecule has 0 bridgehead atoms. The molecule has 0 aliphatic heterocycles. The lowest BCUT2D eigenvalue weighted by Gasteiger charge is -2.21. The number of carbonyl (C=O) groups is 2. The van der Waals surface area contributed by atoms with E-state index in [2.05, 4.69) is 5.32 Å². The number of hydrogen-bond acceptors (Lipinski definition) is 3. The van der Waals surface area contributed by atoms with Crippen LogP contribution in [-0.4, -0.2) is 30.4 Å². The number of ketones is 1. The molecule has 0 aromatic heterocycles. The molecule has 2 saturated carbocycles. The molecule has 4 nitrogen and oxygen atoms in total. The SMILES string of the molecule is O=C1CCC(OCC(=O)NC2CCCC2)CC1. The van der Waals surface area contributed by atoms with Gasteiger partial charge in [-0.3, -0.25) is 9.59 Å². The van der Waals surface area contributed by atoms with Crippen LogP contribution in [-0.2, 0) is 14.3 Å². The van der Waals surface area contributed by atoms with E-state index in [-0.39, 0.29) is 18.6 Å². The largest absolute Gasteiger partial charge is 0.368 e. The summed E-state index contributed by atoms with van der Waals surface area (Å²) in [6, 6.07) is 0.360. The molecule has 0 heterocycles. The first-order valence-electron chi connectivity index (χ1n) is 6.66. The summed E-state index contributed by atoms with van der Waals surface area (Å²) in [6.07, 6.45) is 7.50. The minimum Gasteiger partial charge on any atom is -0.368 e. The van der Waals surface area contributed by atoms with Crippen LogP contribution in [0.2, 0.25) is 0 Å². The van der Waals surface area contributed by atoms with E-state index in [4.69, 9.17) is 4.74 Å². The molecule has 17 heavy (non-hydrogen) atoms. The quantitative estimate of drug-likeness (QED) is 0.810. The van der Waals surface area contributed by atoms with E-state index in [9.17, 15) is 9.59 Å².